The van der Waals surface area contributed by atoms with Crippen molar-refractivity contribution in [3.05, 3.63) is 38.9 Å². The summed E-state index contributed by atoms with van der Waals surface area (Å²) in [5, 5.41) is 0.453. The molecule has 0 aliphatic carbocycles. The molecule has 134 valence electrons. The Morgan fingerprint density at radius 3 is 2.84 bits per heavy atom. The summed E-state index contributed by atoms with van der Waals surface area (Å²) in [5.41, 5.74) is 0.420. The predicted octanol–water partition coefficient (Wildman–Crippen LogP) is 1.67. The number of morpholine rings is 1. The van der Waals surface area contributed by atoms with E-state index < -0.39 is 5.97 Å². The number of ether oxygens (including phenoxy) is 2. The van der Waals surface area contributed by atoms with Crippen LogP contribution in [0, 0.1) is 0 Å². The van der Waals surface area contributed by atoms with E-state index in [-0.39, 0.29) is 17.6 Å². The van der Waals surface area contributed by atoms with Crippen LogP contribution in [0.5, 0.6) is 0 Å². The Balaban J connectivity index is 1.98. The van der Waals surface area contributed by atoms with Crippen molar-refractivity contribution >= 4 is 32.8 Å². The van der Waals surface area contributed by atoms with Gasteiger partial charge in [-0.1, -0.05) is 0 Å². The fraction of sp³-hybridized carbons (Fsp3) is 0.471. The van der Waals surface area contributed by atoms with Crippen LogP contribution >= 0.6 is 15.9 Å². The monoisotopic (exact) mass is 409 g/mol. The van der Waals surface area contributed by atoms with Gasteiger partial charge in [-0.3, -0.25) is 9.69 Å². The number of fused-ring (bicyclic) bond motifs is 1. The Morgan fingerprint density at radius 2 is 2.12 bits per heavy atom. The van der Waals surface area contributed by atoms with Crippen LogP contribution in [0.1, 0.15) is 17.3 Å². The van der Waals surface area contributed by atoms with Crippen LogP contribution in [0.3, 0.4) is 0 Å². The van der Waals surface area contributed by atoms with Crippen LogP contribution in [0.25, 0.3) is 10.9 Å². The van der Waals surface area contributed by atoms with Crippen LogP contribution in [0.2, 0.25) is 0 Å². The van der Waals surface area contributed by atoms with Crippen LogP contribution in [0.4, 0.5) is 0 Å². The first-order valence-electron chi connectivity index (χ1n) is 8.26. The number of rotatable bonds is 5. The van der Waals surface area contributed by atoms with E-state index in [0.717, 1.165) is 32.8 Å². The number of nitrogens with zero attached hydrogens (tertiary/aromatic N) is 3. The lowest BCUT2D eigenvalue weighted by Crippen LogP contribution is -2.38. The molecule has 3 rings (SSSR count). The third kappa shape index (κ3) is 4.08. The van der Waals surface area contributed by atoms with E-state index in [1.54, 1.807) is 25.4 Å². The lowest BCUT2D eigenvalue weighted by atomic mass is 10.1. The standard InChI is InChI=1S/C17H20BrN3O4/c1-2-25-17(23)13-11-21(4-3-20-5-7-24-8-6-20)14-10-19-15(18)9-12(14)16(13)22/h9-11H,2-8H2,1H3. The molecule has 2 aromatic rings. The molecular weight excluding hydrogens is 390 g/mol. The van der Waals surface area contributed by atoms with Crippen molar-refractivity contribution in [3.63, 3.8) is 0 Å². The quantitative estimate of drug-likeness (QED) is 0.552. The summed E-state index contributed by atoms with van der Waals surface area (Å²) < 4.78 is 12.8. The molecule has 2 aromatic heterocycles. The van der Waals surface area contributed by atoms with Crippen LogP contribution in [0.15, 0.2) is 27.9 Å². The van der Waals surface area contributed by atoms with E-state index in [9.17, 15) is 9.59 Å². The summed E-state index contributed by atoms with van der Waals surface area (Å²) in [6, 6.07) is 1.64. The summed E-state index contributed by atoms with van der Waals surface area (Å²) in [6.45, 7) is 6.62. The summed E-state index contributed by atoms with van der Waals surface area (Å²) in [4.78, 5) is 31.3. The van der Waals surface area contributed by atoms with Gasteiger partial charge in [0, 0.05) is 32.4 Å². The summed E-state index contributed by atoms with van der Waals surface area (Å²) >= 11 is 3.29. The van der Waals surface area contributed by atoms with Crippen molar-refractivity contribution in [2.45, 2.75) is 13.5 Å². The van der Waals surface area contributed by atoms with Crippen molar-refractivity contribution in [2.75, 3.05) is 39.5 Å². The Hall–Kier alpha value is -1.77. The van der Waals surface area contributed by atoms with Gasteiger partial charge in [-0.2, -0.15) is 0 Å². The molecule has 0 saturated carbocycles. The SMILES string of the molecule is CCOC(=O)c1cn(CCN2CCOCC2)c2cnc(Br)cc2c1=O. The normalized spacial score (nSPS) is 15.4. The second kappa shape index (κ2) is 8.07. The molecule has 0 unspecified atom stereocenters. The fourth-order valence-corrected chi connectivity index (χ4v) is 3.21. The zero-order chi connectivity index (χ0) is 17.8. The Bertz CT molecular complexity index is 830. The molecular formula is C17H20BrN3O4. The van der Waals surface area contributed by atoms with E-state index in [4.69, 9.17) is 9.47 Å². The molecule has 0 N–H and O–H groups in total. The number of esters is 1. The first kappa shape index (κ1) is 18.0. The second-order valence-electron chi connectivity index (χ2n) is 5.76. The average Bonchev–Trinajstić information content (AvgIpc) is 2.62. The lowest BCUT2D eigenvalue weighted by molar-refractivity contribution is 0.0365. The highest BCUT2D eigenvalue weighted by molar-refractivity contribution is 9.10. The zero-order valence-corrected chi connectivity index (χ0v) is 15.6. The number of hydrogen-bond acceptors (Lipinski definition) is 6. The van der Waals surface area contributed by atoms with E-state index in [1.807, 2.05) is 4.57 Å². The third-order valence-corrected chi connectivity index (χ3v) is 4.62. The highest BCUT2D eigenvalue weighted by Crippen LogP contribution is 2.16. The average molecular weight is 410 g/mol. The van der Waals surface area contributed by atoms with E-state index in [1.165, 1.54) is 0 Å². The molecule has 0 aromatic carbocycles. The van der Waals surface area contributed by atoms with Gasteiger partial charge in [0.15, 0.2) is 0 Å². The van der Waals surface area contributed by atoms with Gasteiger partial charge in [0.2, 0.25) is 5.43 Å². The van der Waals surface area contributed by atoms with E-state index >= 15 is 0 Å². The molecule has 0 radical (unpaired) electrons. The minimum absolute atomic E-state index is 0.0504. The molecule has 7 nitrogen and oxygen atoms in total. The second-order valence-corrected chi connectivity index (χ2v) is 6.58. The number of pyridine rings is 2. The van der Waals surface area contributed by atoms with Gasteiger partial charge >= 0.3 is 5.97 Å². The first-order chi connectivity index (χ1) is 12.1. The number of carbonyl (C=O) groups excluding carboxylic acids is 1. The molecule has 0 amide bonds. The van der Waals surface area contributed by atoms with Crippen LogP contribution in [-0.2, 0) is 16.0 Å². The van der Waals surface area contributed by atoms with Crippen molar-refractivity contribution in [2.24, 2.45) is 0 Å². The van der Waals surface area contributed by atoms with Crippen molar-refractivity contribution in [1.29, 1.82) is 0 Å². The maximum atomic E-state index is 12.7. The molecule has 25 heavy (non-hydrogen) atoms. The van der Waals surface area contributed by atoms with Gasteiger partial charge in [0.1, 0.15) is 10.2 Å². The maximum absolute atomic E-state index is 12.7. The maximum Gasteiger partial charge on any atom is 0.343 e. The third-order valence-electron chi connectivity index (χ3n) is 4.19. The summed E-state index contributed by atoms with van der Waals surface area (Å²) in [6.07, 6.45) is 3.23. The Morgan fingerprint density at radius 1 is 1.36 bits per heavy atom. The van der Waals surface area contributed by atoms with Crippen molar-refractivity contribution < 1.29 is 14.3 Å². The minimum Gasteiger partial charge on any atom is -0.462 e. The van der Waals surface area contributed by atoms with Gasteiger partial charge in [-0.15, -0.1) is 0 Å². The number of halogens is 1. The molecule has 0 atom stereocenters. The van der Waals surface area contributed by atoms with E-state index in [2.05, 4.69) is 25.8 Å². The van der Waals surface area contributed by atoms with E-state index in [0.29, 0.717) is 22.1 Å². The lowest BCUT2D eigenvalue weighted by Gasteiger charge is -2.27. The van der Waals surface area contributed by atoms with Crippen molar-refractivity contribution in [1.82, 2.24) is 14.5 Å². The highest BCUT2D eigenvalue weighted by Gasteiger charge is 2.18. The summed E-state index contributed by atoms with van der Waals surface area (Å²) in [7, 11) is 0. The fourth-order valence-electron chi connectivity index (χ4n) is 2.88. The van der Waals surface area contributed by atoms with Gasteiger partial charge in [-0.25, -0.2) is 9.78 Å². The number of aromatic nitrogens is 2. The zero-order valence-electron chi connectivity index (χ0n) is 14.0. The molecule has 0 spiro atoms. The number of carbonyl (C=O) groups is 1. The minimum atomic E-state index is -0.595. The Labute approximate surface area is 153 Å². The molecule has 8 heteroatoms. The molecule has 1 aliphatic rings. The first-order valence-corrected chi connectivity index (χ1v) is 9.05. The molecule has 3 heterocycles. The van der Waals surface area contributed by atoms with Crippen LogP contribution < -0.4 is 5.43 Å². The van der Waals surface area contributed by atoms with Gasteiger partial charge < -0.3 is 14.0 Å². The van der Waals surface area contributed by atoms with Gasteiger partial charge in [-0.05, 0) is 28.9 Å². The number of hydrogen-bond donors (Lipinski definition) is 0. The van der Waals surface area contributed by atoms with Gasteiger partial charge in [0.25, 0.3) is 0 Å². The van der Waals surface area contributed by atoms with Gasteiger partial charge in [0.05, 0.1) is 36.9 Å². The predicted molar refractivity (Wildman–Crippen MR) is 96.9 cm³/mol. The highest BCUT2D eigenvalue weighted by atomic mass is 79.9. The topological polar surface area (TPSA) is 73.7 Å². The molecule has 1 saturated heterocycles. The van der Waals surface area contributed by atoms with Crippen LogP contribution in [-0.4, -0.2) is 59.9 Å². The smallest absolute Gasteiger partial charge is 0.343 e. The molecule has 1 fully saturated rings. The van der Waals surface area contributed by atoms with Crippen molar-refractivity contribution in [3.8, 4) is 0 Å². The Kier molecular flexibility index (Phi) is 5.82. The largest absolute Gasteiger partial charge is 0.462 e. The molecule has 1 aliphatic heterocycles. The summed E-state index contributed by atoms with van der Waals surface area (Å²) in [5.74, 6) is -0.595. The molecule has 0 bridgehead atoms.